The van der Waals surface area contributed by atoms with Crippen molar-refractivity contribution in [2.75, 3.05) is 26.2 Å². The Morgan fingerprint density at radius 3 is 2.83 bits per heavy atom. The van der Waals surface area contributed by atoms with Crippen LogP contribution in [0.3, 0.4) is 0 Å². The van der Waals surface area contributed by atoms with E-state index in [1.165, 1.54) is 6.07 Å². The molecule has 160 valence electrons. The molecule has 5 nitrogen and oxygen atoms in total. The van der Waals surface area contributed by atoms with E-state index in [0.29, 0.717) is 18.7 Å². The van der Waals surface area contributed by atoms with Gasteiger partial charge in [-0.05, 0) is 75.7 Å². The van der Waals surface area contributed by atoms with E-state index in [9.17, 15) is 9.18 Å². The zero-order valence-electron chi connectivity index (χ0n) is 17.7. The maximum Gasteiger partial charge on any atom is 0.255 e. The van der Waals surface area contributed by atoms with Crippen LogP contribution in [0.15, 0.2) is 48.2 Å². The average Bonchev–Trinajstić information content (AvgIpc) is 3.00. The summed E-state index contributed by atoms with van der Waals surface area (Å²) in [7, 11) is 0. The minimum absolute atomic E-state index is 0.0147. The minimum atomic E-state index is -0.389. The highest BCUT2D eigenvalue weighted by Gasteiger charge is 2.37. The number of amides is 1. The topological polar surface area (TPSA) is 53.6 Å². The molecule has 1 saturated heterocycles. The van der Waals surface area contributed by atoms with Gasteiger partial charge in [0.25, 0.3) is 5.91 Å². The van der Waals surface area contributed by atoms with Crippen molar-refractivity contribution in [3.8, 4) is 5.75 Å². The molecular weight excluding hydrogens is 381 g/mol. The first-order chi connectivity index (χ1) is 14.5. The quantitative estimate of drug-likeness (QED) is 0.798. The van der Waals surface area contributed by atoms with Gasteiger partial charge in [-0.1, -0.05) is 6.08 Å². The lowest BCUT2D eigenvalue weighted by Crippen LogP contribution is -2.40. The van der Waals surface area contributed by atoms with Crippen LogP contribution >= 0.6 is 0 Å². The normalized spacial score (nSPS) is 25.4. The molecule has 1 spiro atoms. The number of carbonyl (C=O) groups excluding carboxylic acids is 1. The summed E-state index contributed by atoms with van der Waals surface area (Å²) in [5.41, 5.74) is 2.02. The first kappa shape index (κ1) is 20.7. The maximum atomic E-state index is 14.1. The molecule has 0 saturated carbocycles. The predicted molar refractivity (Wildman–Crippen MR) is 117 cm³/mol. The SMILES string of the molecule is CCN(CC)C(=O)C1=CNC(C2=CC3(CCCNCC3)Oc3ccc(F)cc32)C=C1. The highest BCUT2D eigenvalue weighted by Crippen LogP contribution is 2.42. The van der Waals surface area contributed by atoms with Crippen LogP contribution in [0.4, 0.5) is 4.39 Å². The molecule has 0 aliphatic carbocycles. The number of halogens is 1. The van der Waals surface area contributed by atoms with Gasteiger partial charge in [0.15, 0.2) is 0 Å². The summed E-state index contributed by atoms with van der Waals surface area (Å²) in [6.45, 7) is 7.17. The number of hydrogen-bond acceptors (Lipinski definition) is 4. The maximum absolute atomic E-state index is 14.1. The molecule has 2 atom stereocenters. The number of ether oxygens (including phenoxy) is 1. The molecule has 4 rings (SSSR count). The molecule has 2 N–H and O–H groups in total. The van der Waals surface area contributed by atoms with Crippen LogP contribution < -0.4 is 15.4 Å². The van der Waals surface area contributed by atoms with Gasteiger partial charge in [0.05, 0.1) is 11.6 Å². The van der Waals surface area contributed by atoms with Crippen molar-refractivity contribution in [2.24, 2.45) is 0 Å². The number of nitrogens with zero attached hydrogens (tertiary/aromatic N) is 1. The molecule has 3 aliphatic rings. The van der Waals surface area contributed by atoms with Gasteiger partial charge in [0.1, 0.15) is 17.2 Å². The Kier molecular flexibility index (Phi) is 5.95. The third-order valence-electron chi connectivity index (χ3n) is 6.18. The lowest BCUT2D eigenvalue weighted by Gasteiger charge is -2.38. The highest BCUT2D eigenvalue weighted by molar-refractivity contribution is 5.96. The Balaban J connectivity index is 1.65. The van der Waals surface area contributed by atoms with Gasteiger partial charge in [0.2, 0.25) is 0 Å². The molecule has 1 aromatic carbocycles. The van der Waals surface area contributed by atoms with Gasteiger partial charge in [-0.3, -0.25) is 4.79 Å². The van der Waals surface area contributed by atoms with Crippen molar-refractivity contribution in [1.82, 2.24) is 15.5 Å². The van der Waals surface area contributed by atoms with Crippen molar-refractivity contribution in [1.29, 1.82) is 0 Å². The number of benzene rings is 1. The molecule has 1 amide bonds. The Bertz CT molecular complexity index is 894. The van der Waals surface area contributed by atoms with Gasteiger partial charge in [0, 0.05) is 31.3 Å². The number of rotatable bonds is 4. The van der Waals surface area contributed by atoms with E-state index in [2.05, 4.69) is 16.7 Å². The van der Waals surface area contributed by atoms with Crippen LogP contribution in [0.1, 0.15) is 38.7 Å². The second-order valence-electron chi connectivity index (χ2n) is 8.09. The van der Waals surface area contributed by atoms with Gasteiger partial charge < -0.3 is 20.3 Å². The molecule has 1 aromatic rings. The second kappa shape index (κ2) is 8.64. The number of nitrogens with one attached hydrogen (secondary N) is 2. The molecule has 3 aliphatic heterocycles. The summed E-state index contributed by atoms with van der Waals surface area (Å²) in [5, 5.41) is 6.80. The Hall–Kier alpha value is -2.60. The fourth-order valence-electron chi connectivity index (χ4n) is 4.50. The van der Waals surface area contributed by atoms with Crippen LogP contribution in [0.2, 0.25) is 0 Å². The fourth-order valence-corrected chi connectivity index (χ4v) is 4.50. The summed E-state index contributed by atoms with van der Waals surface area (Å²) in [6, 6.07) is 4.58. The average molecular weight is 412 g/mol. The molecule has 1 fully saturated rings. The lowest BCUT2D eigenvalue weighted by molar-refractivity contribution is -0.126. The number of carbonyl (C=O) groups is 1. The van der Waals surface area contributed by atoms with Gasteiger partial charge in [-0.25, -0.2) is 4.39 Å². The third-order valence-corrected chi connectivity index (χ3v) is 6.18. The third kappa shape index (κ3) is 4.01. The van der Waals surface area contributed by atoms with Gasteiger partial charge in [-0.15, -0.1) is 0 Å². The molecule has 2 unspecified atom stereocenters. The van der Waals surface area contributed by atoms with Crippen LogP contribution in [-0.4, -0.2) is 48.6 Å². The first-order valence-electron chi connectivity index (χ1n) is 10.9. The van der Waals surface area contributed by atoms with E-state index in [4.69, 9.17) is 4.74 Å². The number of dihydropyridines is 1. The van der Waals surface area contributed by atoms with Gasteiger partial charge >= 0.3 is 0 Å². The van der Waals surface area contributed by atoms with Crippen molar-refractivity contribution < 1.29 is 13.9 Å². The fraction of sp³-hybridized carbons (Fsp3) is 0.458. The monoisotopic (exact) mass is 411 g/mol. The number of likely N-dealkylation sites (N-methyl/N-ethyl adjacent to an activating group) is 1. The van der Waals surface area contributed by atoms with Crippen molar-refractivity contribution >= 4 is 11.5 Å². The number of hydrogen-bond donors (Lipinski definition) is 2. The van der Waals surface area contributed by atoms with Gasteiger partial charge in [-0.2, -0.15) is 0 Å². The van der Waals surface area contributed by atoms with E-state index >= 15 is 0 Å². The molecule has 0 bridgehead atoms. The minimum Gasteiger partial charge on any atom is -0.482 e. The van der Waals surface area contributed by atoms with E-state index in [1.807, 2.05) is 26.0 Å². The van der Waals surface area contributed by atoms with Crippen molar-refractivity contribution in [3.05, 3.63) is 59.6 Å². The van der Waals surface area contributed by atoms with Crippen molar-refractivity contribution in [2.45, 2.75) is 44.8 Å². The predicted octanol–water partition coefficient (Wildman–Crippen LogP) is 3.39. The molecule has 3 heterocycles. The molecule has 0 radical (unpaired) electrons. The highest BCUT2D eigenvalue weighted by atomic mass is 19.1. The zero-order valence-corrected chi connectivity index (χ0v) is 17.7. The second-order valence-corrected chi connectivity index (χ2v) is 8.09. The summed E-state index contributed by atoms with van der Waals surface area (Å²) in [4.78, 5) is 14.4. The van der Waals surface area contributed by atoms with E-state index in [1.54, 1.807) is 23.2 Å². The van der Waals surface area contributed by atoms with E-state index in [-0.39, 0.29) is 23.4 Å². The number of fused-ring (bicyclic) bond motifs is 1. The van der Waals surface area contributed by atoms with Crippen molar-refractivity contribution in [3.63, 3.8) is 0 Å². The lowest BCUT2D eigenvalue weighted by atomic mass is 9.83. The molecule has 0 aromatic heterocycles. The van der Waals surface area contributed by atoms with Crippen LogP contribution in [0.25, 0.3) is 5.57 Å². The first-order valence-corrected chi connectivity index (χ1v) is 10.9. The Labute approximate surface area is 177 Å². The molecule has 30 heavy (non-hydrogen) atoms. The Morgan fingerprint density at radius 1 is 1.27 bits per heavy atom. The van der Waals surface area contributed by atoms with E-state index < -0.39 is 0 Å². The van der Waals surface area contributed by atoms with Crippen LogP contribution in [-0.2, 0) is 4.79 Å². The molecular formula is C24H30FN3O2. The summed E-state index contributed by atoms with van der Waals surface area (Å²) in [6.07, 6.45) is 10.6. The smallest absolute Gasteiger partial charge is 0.255 e. The largest absolute Gasteiger partial charge is 0.482 e. The zero-order chi connectivity index (χ0) is 21.1. The molecule has 6 heteroatoms. The van der Waals surface area contributed by atoms with Crippen LogP contribution in [0, 0.1) is 5.82 Å². The summed E-state index contributed by atoms with van der Waals surface area (Å²) in [5.74, 6) is 0.454. The summed E-state index contributed by atoms with van der Waals surface area (Å²) >= 11 is 0. The summed E-state index contributed by atoms with van der Waals surface area (Å²) < 4.78 is 20.5. The standard InChI is InChI=1S/C24H30FN3O2/c1-3-28(4-2)23(29)17-6-8-21(27-16-17)20-15-24(10-5-12-26-13-11-24)30-22-9-7-18(25)14-19(20)22/h6-9,14-16,21,26-27H,3-5,10-13H2,1-2H3. The van der Waals surface area contributed by atoms with E-state index in [0.717, 1.165) is 49.2 Å². The Morgan fingerprint density at radius 2 is 2.10 bits per heavy atom. The van der Waals surface area contributed by atoms with Crippen LogP contribution in [0.5, 0.6) is 5.75 Å².